The van der Waals surface area contributed by atoms with Crippen LogP contribution in [-0.2, 0) is 0 Å². The van der Waals surface area contributed by atoms with Crippen LogP contribution in [0.1, 0.15) is 28.8 Å². The molecule has 0 radical (unpaired) electrons. The summed E-state index contributed by atoms with van der Waals surface area (Å²) in [5, 5.41) is 13.6. The van der Waals surface area contributed by atoms with Crippen LogP contribution in [0.3, 0.4) is 0 Å². The third-order valence-corrected chi connectivity index (χ3v) is 6.96. The SMILES string of the molecule is COc1ccc(-c2cnc3c(Nc4ccc(C(=O)N5CCC(O)(CN)CC5)c(C)c4)nccn23)cc1F. The van der Waals surface area contributed by atoms with E-state index in [-0.39, 0.29) is 18.2 Å². The lowest BCUT2D eigenvalue weighted by atomic mass is 9.91. The van der Waals surface area contributed by atoms with Crippen LogP contribution in [0.5, 0.6) is 5.75 Å². The number of nitrogens with two attached hydrogens (primary N) is 1. The molecule has 4 aromatic rings. The summed E-state index contributed by atoms with van der Waals surface area (Å²) in [5.74, 6) is 0.189. The number of rotatable bonds is 6. The fourth-order valence-corrected chi connectivity index (χ4v) is 4.67. The van der Waals surface area contributed by atoms with Gasteiger partial charge in [0.1, 0.15) is 0 Å². The molecule has 9 nitrogen and oxygen atoms in total. The molecule has 0 spiro atoms. The molecule has 0 atom stereocenters. The van der Waals surface area contributed by atoms with E-state index in [0.717, 1.165) is 11.3 Å². The number of anilines is 2. The van der Waals surface area contributed by atoms with Crippen molar-refractivity contribution in [2.45, 2.75) is 25.4 Å². The Morgan fingerprint density at radius 2 is 2.00 bits per heavy atom. The third-order valence-electron chi connectivity index (χ3n) is 6.96. The summed E-state index contributed by atoms with van der Waals surface area (Å²) in [5.41, 5.74) is 8.91. The number of aryl methyl sites for hydroxylation is 1. The van der Waals surface area contributed by atoms with Crippen molar-refractivity contribution in [3.05, 3.63) is 71.9 Å². The van der Waals surface area contributed by atoms with Gasteiger partial charge in [-0.25, -0.2) is 14.4 Å². The molecule has 2 aromatic carbocycles. The molecule has 0 unspecified atom stereocenters. The van der Waals surface area contributed by atoms with Crippen LogP contribution in [0.4, 0.5) is 15.9 Å². The maximum absolute atomic E-state index is 14.3. The second kappa shape index (κ2) is 9.79. The molecule has 2 aromatic heterocycles. The lowest BCUT2D eigenvalue weighted by Crippen LogP contribution is -2.50. The molecule has 3 heterocycles. The van der Waals surface area contributed by atoms with E-state index in [2.05, 4.69) is 15.3 Å². The van der Waals surface area contributed by atoms with E-state index in [0.29, 0.717) is 54.2 Å². The van der Waals surface area contributed by atoms with Crippen LogP contribution < -0.4 is 15.8 Å². The smallest absolute Gasteiger partial charge is 0.254 e. The van der Waals surface area contributed by atoms with Gasteiger partial charge in [0.2, 0.25) is 0 Å². The second-order valence-electron chi connectivity index (χ2n) is 9.34. The Morgan fingerprint density at radius 3 is 2.68 bits per heavy atom. The number of nitrogens with one attached hydrogen (secondary N) is 1. The predicted molar refractivity (Wildman–Crippen MR) is 139 cm³/mol. The molecule has 1 aliphatic rings. The number of hydrogen-bond acceptors (Lipinski definition) is 7. The maximum atomic E-state index is 14.3. The number of halogens is 1. The molecule has 1 aliphatic heterocycles. The molecular formula is C27H29FN6O3. The minimum absolute atomic E-state index is 0.0621. The van der Waals surface area contributed by atoms with Crippen molar-refractivity contribution in [1.29, 1.82) is 0 Å². The summed E-state index contributed by atoms with van der Waals surface area (Å²) < 4.78 is 21.1. The summed E-state index contributed by atoms with van der Waals surface area (Å²) in [6.07, 6.45) is 6.02. The first-order valence-corrected chi connectivity index (χ1v) is 12.1. The molecule has 0 bridgehead atoms. The Balaban J connectivity index is 1.36. The number of aliphatic hydroxyl groups is 1. The fourth-order valence-electron chi connectivity index (χ4n) is 4.67. The quantitative estimate of drug-likeness (QED) is 0.368. The highest BCUT2D eigenvalue weighted by molar-refractivity contribution is 5.96. The van der Waals surface area contributed by atoms with E-state index < -0.39 is 11.4 Å². The first-order valence-electron chi connectivity index (χ1n) is 12.1. The van der Waals surface area contributed by atoms with E-state index in [1.54, 1.807) is 41.7 Å². The van der Waals surface area contributed by atoms with Crippen molar-refractivity contribution in [3.8, 4) is 17.0 Å². The average Bonchev–Trinajstić information content (AvgIpc) is 3.34. The van der Waals surface area contributed by atoms with E-state index in [4.69, 9.17) is 10.5 Å². The predicted octanol–water partition coefficient (Wildman–Crippen LogP) is 3.52. The molecule has 0 saturated carbocycles. The second-order valence-corrected chi connectivity index (χ2v) is 9.34. The van der Waals surface area contributed by atoms with Gasteiger partial charge in [-0.15, -0.1) is 0 Å². The number of aromatic nitrogens is 3. The number of hydrogen-bond donors (Lipinski definition) is 3. The number of amides is 1. The largest absolute Gasteiger partial charge is 0.494 e. The van der Waals surface area contributed by atoms with Gasteiger partial charge in [0.05, 0.1) is 24.6 Å². The van der Waals surface area contributed by atoms with Crippen LogP contribution in [-0.4, -0.2) is 62.6 Å². The molecular weight excluding hydrogens is 475 g/mol. The van der Waals surface area contributed by atoms with E-state index in [9.17, 15) is 14.3 Å². The van der Waals surface area contributed by atoms with E-state index in [1.165, 1.54) is 13.2 Å². The van der Waals surface area contributed by atoms with Crippen LogP contribution in [0.15, 0.2) is 55.0 Å². The third kappa shape index (κ3) is 4.73. The summed E-state index contributed by atoms with van der Waals surface area (Å²) >= 11 is 0. The Labute approximate surface area is 213 Å². The van der Waals surface area contributed by atoms with Crippen molar-refractivity contribution >= 4 is 23.1 Å². The lowest BCUT2D eigenvalue weighted by Gasteiger charge is -2.37. The molecule has 5 rings (SSSR count). The topological polar surface area (TPSA) is 118 Å². The number of imidazole rings is 1. The van der Waals surface area contributed by atoms with Gasteiger partial charge in [-0.2, -0.15) is 0 Å². The molecule has 1 saturated heterocycles. The number of carbonyl (C=O) groups is 1. The minimum atomic E-state index is -0.887. The highest BCUT2D eigenvalue weighted by Crippen LogP contribution is 2.29. The molecule has 1 fully saturated rings. The number of methoxy groups -OCH3 is 1. The zero-order chi connectivity index (χ0) is 26.2. The first kappa shape index (κ1) is 24.7. The van der Waals surface area contributed by atoms with Gasteiger partial charge in [-0.05, 0) is 61.7 Å². The van der Waals surface area contributed by atoms with Gasteiger partial charge < -0.3 is 25.8 Å². The van der Waals surface area contributed by atoms with Gasteiger partial charge in [-0.3, -0.25) is 9.20 Å². The molecule has 4 N–H and O–H groups in total. The molecule has 37 heavy (non-hydrogen) atoms. The molecule has 10 heteroatoms. The Morgan fingerprint density at radius 1 is 1.22 bits per heavy atom. The normalized spacial score (nSPS) is 15.1. The van der Waals surface area contributed by atoms with Crippen molar-refractivity contribution in [2.24, 2.45) is 5.73 Å². The lowest BCUT2D eigenvalue weighted by molar-refractivity contribution is -0.00953. The summed E-state index contributed by atoms with van der Waals surface area (Å²) in [7, 11) is 1.43. The zero-order valence-electron chi connectivity index (χ0n) is 20.7. The molecule has 0 aliphatic carbocycles. The number of piperidine rings is 1. The van der Waals surface area contributed by atoms with Crippen LogP contribution >= 0.6 is 0 Å². The van der Waals surface area contributed by atoms with Gasteiger partial charge in [0.25, 0.3) is 5.91 Å². The van der Waals surface area contributed by atoms with E-state index in [1.807, 2.05) is 23.5 Å². The molecule has 1 amide bonds. The van der Waals surface area contributed by atoms with Crippen molar-refractivity contribution < 1.29 is 19.0 Å². The molecule has 192 valence electrons. The van der Waals surface area contributed by atoms with E-state index >= 15 is 0 Å². The number of ether oxygens (including phenoxy) is 1. The van der Waals surface area contributed by atoms with Crippen LogP contribution in [0.25, 0.3) is 16.9 Å². The van der Waals surface area contributed by atoms with Crippen molar-refractivity contribution in [1.82, 2.24) is 19.3 Å². The van der Waals surface area contributed by atoms with Crippen LogP contribution in [0.2, 0.25) is 0 Å². The highest BCUT2D eigenvalue weighted by Gasteiger charge is 2.33. The average molecular weight is 505 g/mol. The first-order chi connectivity index (χ1) is 17.8. The highest BCUT2D eigenvalue weighted by atomic mass is 19.1. The summed E-state index contributed by atoms with van der Waals surface area (Å²) in [6, 6.07) is 10.3. The number of benzene rings is 2. The number of likely N-dealkylation sites (tertiary alicyclic amines) is 1. The Kier molecular flexibility index (Phi) is 6.53. The van der Waals surface area contributed by atoms with Crippen LogP contribution in [0, 0.1) is 12.7 Å². The van der Waals surface area contributed by atoms with Gasteiger partial charge in [-0.1, -0.05) is 0 Å². The van der Waals surface area contributed by atoms with Crippen molar-refractivity contribution in [3.63, 3.8) is 0 Å². The Bertz CT molecular complexity index is 1460. The number of nitrogens with zero attached hydrogens (tertiary/aromatic N) is 4. The minimum Gasteiger partial charge on any atom is -0.494 e. The maximum Gasteiger partial charge on any atom is 0.254 e. The number of carbonyl (C=O) groups excluding carboxylic acids is 1. The van der Waals surface area contributed by atoms with Crippen molar-refractivity contribution in [2.75, 3.05) is 32.1 Å². The van der Waals surface area contributed by atoms with Gasteiger partial charge >= 0.3 is 0 Å². The van der Waals surface area contributed by atoms with Gasteiger partial charge in [0.15, 0.2) is 23.0 Å². The number of fused-ring (bicyclic) bond motifs is 1. The van der Waals surface area contributed by atoms with Gasteiger partial charge in [0, 0.05) is 48.8 Å². The standard InChI is InChI=1S/C27H29FN6O3/c1-17-13-19(4-5-20(17)26(35)33-10-7-27(36,16-29)8-11-33)32-24-25-31-15-22(34(25)12-9-30-24)18-3-6-23(37-2)21(28)14-18/h3-6,9,12-15,36H,7-8,10-11,16,29H2,1-2H3,(H,30,32). The monoisotopic (exact) mass is 504 g/mol. The summed E-state index contributed by atoms with van der Waals surface area (Å²) in [4.78, 5) is 23.8. The Hall–Kier alpha value is -4.02. The zero-order valence-corrected chi connectivity index (χ0v) is 20.7. The fraction of sp³-hybridized carbons (Fsp3) is 0.296. The summed E-state index contributed by atoms with van der Waals surface area (Å²) in [6.45, 7) is 3.03.